The van der Waals surface area contributed by atoms with E-state index in [1.165, 1.54) is 11.3 Å². The Morgan fingerprint density at radius 1 is 1.60 bits per heavy atom. The van der Waals surface area contributed by atoms with Crippen LogP contribution in [0.5, 0.6) is 5.75 Å². The van der Waals surface area contributed by atoms with Gasteiger partial charge in [0.25, 0.3) is 0 Å². The first kappa shape index (κ1) is 10.4. The first-order valence-electron chi connectivity index (χ1n) is 4.55. The number of benzene rings is 1. The molecule has 1 aromatic carbocycles. The molecule has 0 amide bonds. The van der Waals surface area contributed by atoms with Gasteiger partial charge in [0.15, 0.2) is 0 Å². The maximum Gasteiger partial charge on any atom is 0.121 e. The van der Waals surface area contributed by atoms with Gasteiger partial charge in [0.1, 0.15) is 10.8 Å². The maximum atomic E-state index is 8.93. The van der Waals surface area contributed by atoms with Crippen LogP contribution in [0.15, 0.2) is 18.2 Å². The summed E-state index contributed by atoms with van der Waals surface area (Å²) in [6.45, 7) is -0.0864. The number of ether oxygens (including phenoxy) is 1. The summed E-state index contributed by atoms with van der Waals surface area (Å²) in [5.41, 5.74) is 6.55. The zero-order chi connectivity index (χ0) is 10.8. The van der Waals surface area contributed by atoms with E-state index in [0.717, 1.165) is 21.0 Å². The summed E-state index contributed by atoms with van der Waals surface area (Å²) in [7, 11) is 1.62. The van der Waals surface area contributed by atoms with Crippen LogP contribution < -0.4 is 10.5 Å². The van der Waals surface area contributed by atoms with E-state index in [4.69, 9.17) is 15.6 Å². The highest BCUT2D eigenvalue weighted by Gasteiger charge is 2.11. The number of rotatable bonds is 3. The molecule has 1 atom stereocenters. The summed E-state index contributed by atoms with van der Waals surface area (Å²) in [5.74, 6) is 0.775. The largest absolute Gasteiger partial charge is 0.497 e. The van der Waals surface area contributed by atoms with Crippen LogP contribution >= 0.6 is 11.3 Å². The molecule has 15 heavy (non-hydrogen) atoms. The van der Waals surface area contributed by atoms with Crippen molar-refractivity contribution in [3.8, 4) is 5.75 Å². The predicted molar refractivity (Wildman–Crippen MR) is 60.2 cm³/mol. The minimum atomic E-state index is -0.395. The van der Waals surface area contributed by atoms with Gasteiger partial charge in [-0.2, -0.15) is 0 Å². The molecule has 2 aromatic rings. The molecule has 5 heteroatoms. The summed E-state index contributed by atoms with van der Waals surface area (Å²) in [6, 6.07) is 5.29. The Kier molecular flexibility index (Phi) is 2.86. The molecule has 1 unspecified atom stereocenters. The second-order valence-corrected chi connectivity index (χ2v) is 4.24. The van der Waals surface area contributed by atoms with Crippen molar-refractivity contribution < 1.29 is 9.84 Å². The fourth-order valence-electron chi connectivity index (χ4n) is 1.29. The lowest BCUT2D eigenvalue weighted by atomic mass is 10.3. The van der Waals surface area contributed by atoms with Crippen molar-refractivity contribution >= 4 is 21.6 Å². The number of aromatic nitrogens is 1. The van der Waals surface area contributed by atoms with Crippen LogP contribution in [0.2, 0.25) is 0 Å². The molecular weight excluding hydrogens is 212 g/mol. The molecule has 0 aliphatic rings. The highest BCUT2D eigenvalue weighted by atomic mass is 32.1. The molecular formula is C10H12N2O2S. The van der Waals surface area contributed by atoms with Crippen molar-refractivity contribution in [3.05, 3.63) is 23.2 Å². The van der Waals surface area contributed by atoms with Gasteiger partial charge in [-0.05, 0) is 12.1 Å². The lowest BCUT2D eigenvalue weighted by Crippen LogP contribution is -2.13. The Hall–Kier alpha value is -1.17. The molecule has 0 spiro atoms. The second kappa shape index (κ2) is 4.14. The molecule has 4 nitrogen and oxygen atoms in total. The van der Waals surface area contributed by atoms with Crippen LogP contribution in [0.1, 0.15) is 11.0 Å². The molecule has 1 heterocycles. The quantitative estimate of drug-likeness (QED) is 0.824. The van der Waals surface area contributed by atoms with Crippen LogP contribution in [0.3, 0.4) is 0 Å². The van der Waals surface area contributed by atoms with E-state index in [1.54, 1.807) is 7.11 Å². The summed E-state index contributed by atoms with van der Waals surface area (Å²) in [4.78, 5) is 4.35. The fourth-order valence-corrected chi connectivity index (χ4v) is 2.23. The monoisotopic (exact) mass is 224 g/mol. The smallest absolute Gasteiger partial charge is 0.121 e. The van der Waals surface area contributed by atoms with E-state index in [2.05, 4.69) is 4.98 Å². The number of nitrogens with two attached hydrogens (primary N) is 1. The molecule has 0 saturated carbocycles. The molecule has 0 aliphatic heterocycles. The molecule has 3 N–H and O–H groups in total. The predicted octanol–water partition coefficient (Wildman–Crippen LogP) is 1.30. The van der Waals surface area contributed by atoms with Crippen molar-refractivity contribution in [2.75, 3.05) is 13.7 Å². The summed E-state index contributed by atoms with van der Waals surface area (Å²) >= 11 is 1.50. The SMILES string of the molecule is COc1ccc2sc(C(N)CO)nc2c1. The van der Waals surface area contributed by atoms with Gasteiger partial charge in [0.2, 0.25) is 0 Å². The standard InChI is InChI=1S/C10H12N2O2S/c1-14-6-2-3-9-8(4-6)12-10(15-9)7(11)5-13/h2-4,7,13H,5,11H2,1H3. The van der Waals surface area contributed by atoms with Crippen LogP contribution in [-0.4, -0.2) is 23.8 Å². The van der Waals surface area contributed by atoms with E-state index in [0.29, 0.717) is 0 Å². The van der Waals surface area contributed by atoms with Crippen molar-refractivity contribution in [3.63, 3.8) is 0 Å². The van der Waals surface area contributed by atoms with Gasteiger partial charge in [0.05, 0.1) is 30.0 Å². The second-order valence-electron chi connectivity index (χ2n) is 3.17. The fraction of sp³-hybridized carbons (Fsp3) is 0.300. The third kappa shape index (κ3) is 1.94. The van der Waals surface area contributed by atoms with E-state index in [-0.39, 0.29) is 6.61 Å². The number of hydrogen-bond donors (Lipinski definition) is 2. The molecule has 2 rings (SSSR count). The summed E-state index contributed by atoms with van der Waals surface area (Å²) in [6.07, 6.45) is 0. The normalized spacial score (nSPS) is 13.0. The highest BCUT2D eigenvalue weighted by Crippen LogP contribution is 2.28. The minimum Gasteiger partial charge on any atom is -0.497 e. The summed E-state index contributed by atoms with van der Waals surface area (Å²) in [5, 5.41) is 9.68. The topological polar surface area (TPSA) is 68.4 Å². The number of thiazole rings is 1. The van der Waals surface area contributed by atoms with Crippen molar-refractivity contribution in [1.29, 1.82) is 0 Å². The van der Waals surface area contributed by atoms with Gasteiger partial charge in [0, 0.05) is 6.07 Å². The average Bonchev–Trinajstić information content (AvgIpc) is 2.70. The lowest BCUT2D eigenvalue weighted by molar-refractivity contribution is 0.268. The Morgan fingerprint density at radius 3 is 3.07 bits per heavy atom. The number of aliphatic hydroxyl groups is 1. The van der Waals surface area contributed by atoms with E-state index >= 15 is 0 Å². The average molecular weight is 224 g/mol. The third-order valence-electron chi connectivity index (χ3n) is 2.13. The molecule has 80 valence electrons. The zero-order valence-corrected chi connectivity index (χ0v) is 9.12. The van der Waals surface area contributed by atoms with Crippen LogP contribution in [-0.2, 0) is 0 Å². The number of nitrogens with zero attached hydrogens (tertiary/aromatic N) is 1. The lowest BCUT2D eigenvalue weighted by Gasteiger charge is -2.00. The van der Waals surface area contributed by atoms with E-state index in [1.807, 2.05) is 18.2 Å². The molecule has 0 radical (unpaired) electrons. The van der Waals surface area contributed by atoms with Crippen LogP contribution in [0.25, 0.3) is 10.2 Å². The van der Waals surface area contributed by atoms with Crippen LogP contribution in [0.4, 0.5) is 0 Å². The van der Waals surface area contributed by atoms with E-state index in [9.17, 15) is 0 Å². The molecule has 0 bridgehead atoms. The Labute approximate surface area is 91.3 Å². The van der Waals surface area contributed by atoms with Gasteiger partial charge >= 0.3 is 0 Å². The number of hydrogen-bond acceptors (Lipinski definition) is 5. The molecule has 0 fully saturated rings. The maximum absolute atomic E-state index is 8.93. The molecule has 1 aromatic heterocycles. The van der Waals surface area contributed by atoms with Crippen molar-refractivity contribution in [1.82, 2.24) is 4.98 Å². The van der Waals surface area contributed by atoms with Gasteiger partial charge in [-0.25, -0.2) is 4.98 Å². The number of fused-ring (bicyclic) bond motifs is 1. The van der Waals surface area contributed by atoms with Crippen molar-refractivity contribution in [2.24, 2.45) is 5.73 Å². The molecule has 0 saturated heterocycles. The Balaban J connectivity index is 2.46. The van der Waals surface area contributed by atoms with E-state index < -0.39 is 6.04 Å². The highest BCUT2D eigenvalue weighted by molar-refractivity contribution is 7.18. The summed E-state index contributed by atoms with van der Waals surface area (Å²) < 4.78 is 6.15. The minimum absolute atomic E-state index is 0.0864. The molecule has 0 aliphatic carbocycles. The third-order valence-corrected chi connectivity index (χ3v) is 3.29. The van der Waals surface area contributed by atoms with Crippen molar-refractivity contribution in [2.45, 2.75) is 6.04 Å². The number of aliphatic hydroxyl groups excluding tert-OH is 1. The van der Waals surface area contributed by atoms with Gasteiger partial charge < -0.3 is 15.6 Å². The first-order valence-corrected chi connectivity index (χ1v) is 5.37. The Bertz CT molecular complexity index is 469. The van der Waals surface area contributed by atoms with Gasteiger partial charge in [-0.3, -0.25) is 0 Å². The zero-order valence-electron chi connectivity index (χ0n) is 8.30. The van der Waals surface area contributed by atoms with Crippen LogP contribution in [0, 0.1) is 0 Å². The first-order chi connectivity index (χ1) is 7.24. The van der Waals surface area contributed by atoms with Gasteiger partial charge in [-0.1, -0.05) is 0 Å². The van der Waals surface area contributed by atoms with Gasteiger partial charge in [-0.15, -0.1) is 11.3 Å². The Morgan fingerprint density at radius 2 is 2.40 bits per heavy atom. The number of methoxy groups -OCH3 is 1.